The van der Waals surface area contributed by atoms with Crippen LogP contribution < -0.4 is 9.47 Å². The van der Waals surface area contributed by atoms with Crippen molar-refractivity contribution in [1.29, 1.82) is 0 Å². The average molecular weight is 375 g/mol. The Morgan fingerprint density at radius 1 is 1.00 bits per heavy atom. The Labute approximate surface area is 166 Å². The molecule has 0 saturated heterocycles. The minimum absolute atomic E-state index is 0.144. The van der Waals surface area contributed by atoms with Gasteiger partial charge in [-0.1, -0.05) is 30.3 Å². The molecule has 5 heteroatoms. The van der Waals surface area contributed by atoms with Crippen LogP contribution in [0.2, 0.25) is 0 Å². The Bertz CT molecular complexity index is 942. The lowest BCUT2D eigenvalue weighted by molar-refractivity contribution is 0.203. The Balaban J connectivity index is 1.77. The molecule has 5 nitrogen and oxygen atoms in total. The maximum absolute atomic E-state index is 5.59. The van der Waals surface area contributed by atoms with Crippen molar-refractivity contribution in [1.82, 2.24) is 14.9 Å². The molecule has 0 bridgehead atoms. The van der Waals surface area contributed by atoms with E-state index in [1.54, 1.807) is 14.2 Å². The number of hydrogen-bond donors (Lipinski definition) is 0. The summed E-state index contributed by atoms with van der Waals surface area (Å²) >= 11 is 0. The molecule has 1 aromatic heterocycles. The summed E-state index contributed by atoms with van der Waals surface area (Å²) in [6, 6.07) is 15.0. The van der Waals surface area contributed by atoms with E-state index in [0.29, 0.717) is 0 Å². The van der Waals surface area contributed by atoms with Gasteiger partial charge in [-0.3, -0.25) is 4.90 Å². The van der Waals surface area contributed by atoms with Gasteiger partial charge in [-0.15, -0.1) is 0 Å². The van der Waals surface area contributed by atoms with E-state index in [1.807, 2.05) is 19.3 Å². The summed E-state index contributed by atoms with van der Waals surface area (Å²) in [4.78, 5) is 11.2. The standard InChI is InChI=1S/C23H25N3O2/c1-16-24-13-17(14-25-16)15-26-10-9-19-11-21(27-2)22(28-3)12-20(19)23(26)18-7-5-4-6-8-18/h4-8,11-14,23H,9-10,15H2,1-3H3/t23-/m0/s1. The van der Waals surface area contributed by atoms with Crippen LogP contribution in [0, 0.1) is 6.92 Å². The van der Waals surface area contributed by atoms with Crippen LogP contribution in [0.5, 0.6) is 11.5 Å². The van der Waals surface area contributed by atoms with Gasteiger partial charge in [0.2, 0.25) is 0 Å². The first-order valence-electron chi connectivity index (χ1n) is 9.51. The van der Waals surface area contributed by atoms with Gasteiger partial charge in [0, 0.05) is 31.0 Å². The first-order chi connectivity index (χ1) is 13.7. The number of rotatable bonds is 5. The smallest absolute Gasteiger partial charge is 0.161 e. The summed E-state index contributed by atoms with van der Waals surface area (Å²) in [6.45, 7) is 3.66. The highest BCUT2D eigenvalue weighted by Crippen LogP contribution is 2.41. The summed E-state index contributed by atoms with van der Waals surface area (Å²) < 4.78 is 11.1. The molecule has 1 aliphatic heterocycles. The molecule has 0 aliphatic carbocycles. The first kappa shape index (κ1) is 18.4. The van der Waals surface area contributed by atoms with Crippen molar-refractivity contribution in [3.05, 3.63) is 82.9 Å². The Morgan fingerprint density at radius 2 is 1.68 bits per heavy atom. The number of aromatic nitrogens is 2. The van der Waals surface area contributed by atoms with Crippen molar-refractivity contribution in [2.45, 2.75) is 25.9 Å². The predicted octanol–water partition coefficient (Wildman–Crippen LogP) is 3.95. The number of ether oxygens (including phenoxy) is 2. The number of aryl methyl sites for hydroxylation is 1. The lowest BCUT2D eigenvalue weighted by Gasteiger charge is -2.38. The molecule has 4 rings (SSSR count). The molecule has 0 spiro atoms. The largest absolute Gasteiger partial charge is 0.493 e. The summed E-state index contributed by atoms with van der Waals surface area (Å²) in [6.07, 6.45) is 4.81. The molecule has 3 aromatic rings. The summed E-state index contributed by atoms with van der Waals surface area (Å²) in [5.41, 5.74) is 4.96. The minimum Gasteiger partial charge on any atom is -0.493 e. The van der Waals surface area contributed by atoms with Crippen LogP contribution in [0.25, 0.3) is 0 Å². The predicted molar refractivity (Wildman–Crippen MR) is 109 cm³/mol. The topological polar surface area (TPSA) is 47.5 Å². The van der Waals surface area contributed by atoms with E-state index in [1.165, 1.54) is 16.7 Å². The van der Waals surface area contributed by atoms with Crippen molar-refractivity contribution in [2.75, 3.05) is 20.8 Å². The summed E-state index contributed by atoms with van der Waals surface area (Å²) in [5, 5.41) is 0. The third-order valence-corrected chi connectivity index (χ3v) is 5.31. The van der Waals surface area contributed by atoms with Crippen LogP contribution in [-0.2, 0) is 13.0 Å². The van der Waals surface area contributed by atoms with Crippen molar-refractivity contribution >= 4 is 0 Å². The molecule has 0 fully saturated rings. The van der Waals surface area contributed by atoms with Gasteiger partial charge in [0.15, 0.2) is 11.5 Å². The van der Waals surface area contributed by atoms with E-state index < -0.39 is 0 Å². The zero-order chi connectivity index (χ0) is 19.5. The zero-order valence-corrected chi connectivity index (χ0v) is 16.6. The highest BCUT2D eigenvalue weighted by molar-refractivity contribution is 5.51. The maximum Gasteiger partial charge on any atom is 0.161 e. The van der Waals surface area contributed by atoms with Crippen LogP contribution in [0.15, 0.2) is 54.9 Å². The molecule has 0 unspecified atom stereocenters. The second kappa shape index (κ2) is 7.98. The third kappa shape index (κ3) is 3.58. The minimum atomic E-state index is 0.144. The van der Waals surface area contributed by atoms with E-state index in [0.717, 1.165) is 42.4 Å². The molecular weight excluding hydrogens is 350 g/mol. The van der Waals surface area contributed by atoms with Crippen LogP contribution in [-0.4, -0.2) is 35.6 Å². The molecule has 1 aliphatic rings. The molecule has 28 heavy (non-hydrogen) atoms. The number of methoxy groups -OCH3 is 2. The van der Waals surface area contributed by atoms with Crippen LogP contribution in [0.4, 0.5) is 0 Å². The highest BCUT2D eigenvalue weighted by Gasteiger charge is 2.30. The molecule has 0 saturated carbocycles. The van der Waals surface area contributed by atoms with Crippen LogP contribution >= 0.6 is 0 Å². The van der Waals surface area contributed by atoms with Gasteiger partial charge in [-0.2, -0.15) is 0 Å². The molecule has 2 heterocycles. The molecule has 0 radical (unpaired) electrons. The molecular formula is C23H25N3O2. The van der Waals surface area contributed by atoms with Crippen LogP contribution in [0.1, 0.15) is 34.1 Å². The lowest BCUT2D eigenvalue weighted by atomic mass is 9.87. The van der Waals surface area contributed by atoms with E-state index in [2.05, 4.69) is 57.3 Å². The van der Waals surface area contributed by atoms with Crippen molar-refractivity contribution in [3.63, 3.8) is 0 Å². The van der Waals surface area contributed by atoms with Crippen molar-refractivity contribution in [2.24, 2.45) is 0 Å². The fraction of sp³-hybridized carbons (Fsp3) is 0.304. The fourth-order valence-corrected chi connectivity index (χ4v) is 3.93. The zero-order valence-electron chi connectivity index (χ0n) is 16.6. The number of nitrogens with zero attached hydrogens (tertiary/aromatic N) is 3. The second-order valence-electron chi connectivity index (χ2n) is 7.08. The number of benzene rings is 2. The van der Waals surface area contributed by atoms with Crippen molar-refractivity contribution < 1.29 is 9.47 Å². The summed E-state index contributed by atoms with van der Waals surface area (Å²) in [7, 11) is 3.37. The van der Waals surface area contributed by atoms with Crippen molar-refractivity contribution in [3.8, 4) is 11.5 Å². The highest BCUT2D eigenvalue weighted by atomic mass is 16.5. The average Bonchev–Trinajstić information content (AvgIpc) is 2.74. The van der Waals surface area contributed by atoms with E-state index in [9.17, 15) is 0 Å². The van der Waals surface area contributed by atoms with Gasteiger partial charge >= 0.3 is 0 Å². The number of fused-ring (bicyclic) bond motifs is 1. The van der Waals surface area contributed by atoms with Crippen LogP contribution in [0.3, 0.4) is 0 Å². The molecule has 1 atom stereocenters. The Kier molecular flexibility index (Phi) is 5.26. The monoisotopic (exact) mass is 375 g/mol. The van der Waals surface area contributed by atoms with Gasteiger partial charge in [-0.25, -0.2) is 9.97 Å². The quantitative estimate of drug-likeness (QED) is 0.676. The first-order valence-corrected chi connectivity index (χ1v) is 9.51. The fourth-order valence-electron chi connectivity index (χ4n) is 3.93. The number of hydrogen-bond acceptors (Lipinski definition) is 5. The van der Waals surface area contributed by atoms with Gasteiger partial charge in [-0.05, 0) is 42.2 Å². The van der Waals surface area contributed by atoms with E-state index in [-0.39, 0.29) is 6.04 Å². The lowest BCUT2D eigenvalue weighted by Crippen LogP contribution is -2.35. The van der Waals surface area contributed by atoms with E-state index in [4.69, 9.17) is 9.47 Å². The second-order valence-corrected chi connectivity index (χ2v) is 7.08. The van der Waals surface area contributed by atoms with Gasteiger partial charge in [0.25, 0.3) is 0 Å². The molecule has 2 aromatic carbocycles. The van der Waals surface area contributed by atoms with Gasteiger partial charge in [0.1, 0.15) is 5.82 Å². The normalized spacial score (nSPS) is 16.5. The third-order valence-electron chi connectivity index (χ3n) is 5.31. The SMILES string of the molecule is COc1cc2c(cc1OC)[C@H](c1ccccc1)N(Cc1cnc(C)nc1)CC2. The summed E-state index contributed by atoms with van der Waals surface area (Å²) in [5.74, 6) is 2.35. The van der Waals surface area contributed by atoms with E-state index >= 15 is 0 Å². The van der Waals surface area contributed by atoms with Gasteiger partial charge in [0.05, 0.1) is 20.3 Å². The molecule has 0 amide bonds. The molecule has 144 valence electrons. The Hall–Kier alpha value is -2.92. The Morgan fingerprint density at radius 3 is 2.36 bits per heavy atom. The van der Waals surface area contributed by atoms with Gasteiger partial charge < -0.3 is 9.47 Å². The maximum atomic E-state index is 5.59. The molecule has 0 N–H and O–H groups in total.